The van der Waals surface area contributed by atoms with Crippen LogP contribution in [0.25, 0.3) is 0 Å². The van der Waals surface area contributed by atoms with Crippen molar-refractivity contribution in [1.29, 1.82) is 0 Å². The minimum atomic E-state index is -0.0425. The summed E-state index contributed by atoms with van der Waals surface area (Å²) >= 11 is 4.61. The molecule has 0 aliphatic heterocycles. The van der Waals surface area contributed by atoms with Crippen molar-refractivity contribution < 1.29 is 9.53 Å². The van der Waals surface area contributed by atoms with Gasteiger partial charge >= 0.3 is 0 Å². The van der Waals surface area contributed by atoms with Gasteiger partial charge in [0.2, 0.25) is 11.0 Å². The monoisotopic (exact) mass is 420 g/mol. The maximum atomic E-state index is 11.9. The van der Waals surface area contributed by atoms with Crippen LogP contribution in [0, 0.1) is 0 Å². The Kier molecular flexibility index (Phi) is 7.94. The van der Waals surface area contributed by atoms with Crippen molar-refractivity contribution in [3.05, 3.63) is 52.7 Å². The summed E-state index contributed by atoms with van der Waals surface area (Å²) in [5.74, 6) is 1.07. The summed E-state index contributed by atoms with van der Waals surface area (Å²) in [7, 11) is 0. The number of aromatic nitrogens is 2. The first-order chi connectivity index (χ1) is 13.3. The Morgan fingerprint density at radius 3 is 2.81 bits per heavy atom. The van der Waals surface area contributed by atoms with Gasteiger partial charge in [0.05, 0.1) is 12.3 Å². The summed E-state index contributed by atoms with van der Waals surface area (Å²) in [6.45, 7) is 1.74. The van der Waals surface area contributed by atoms with Crippen LogP contribution in [-0.4, -0.2) is 41.6 Å². The highest BCUT2D eigenvalue weighted by Gasteiger charge is 2.08. The first kappa shape index (κ1) is 19.7. The molecule has 0 aliphatic carbocycles. The van der Waals surface area contributed by atoms with Gasteiger partial charge in [0, 0.05) is 11.4 Å². The van der Waals surface area contributed by atoms with E-state index in [0.29, 0.717) is 18.9 Å². The zero-order valence-corrected chi connectivity index (χ0v) is 17.0. The molecule has 0 saturated carbocycles. The van der Waals surface area contributed by atoms with Gasteiger partial charge in [-0.3, -0.25) is 4.79 Å². The van der Waals surface area contributed by atoms with Crippen molar-refractivity contribution in [1.82, 2.24) is 15.5 Å². The molecule has 2 aromatic heterocycles. The summed E-state index contributed by atoms with van der Waals surface area (Å²) < 4.78 is 6.32. The highest BCUT2D eigenvalue weighted by molar-refractivity contribution is 8.01. The topological polar surface area (TPSA) is 76.1 Å². The third-order valence-corrected chi connectivity index (χ3v) is 6.35. The molecule has 2 heterocycles. The van der Waals surface area contributed by atoms with Crippen molar-refractivity contribution in [2.24, 2.45) is 0 Å². The molecule has 0 bridgehead atoms. The summed E-state index contributed by atoms with van der Waals surface area (Å²) in [4.78, 5) is 13.2. The van der Waals surface area contributed by atoms with Crippen molar-refractivity contribution in [2.45, 2.75) is 10.8 Å². The zero-order chi connectivity index (χ0) is 18.7. The van der Waals surface area contributed by atoms with Crippen LogP contribution in [0.5, 0.6) is 5.75 Å². The number of carbonyl (C=O) groups is 1. The second-order valence-electron chi connectivity index (χ2n) is 5.43. The summed E-state index contributed by atoms with van der Waals surface area (Å²) in [6, 6.07) is 13.7. The number of nitrogens with zero attached hydrogens (tertiary/aromatic N) is 2. The minimum Gasteiger partial charge on any atom is -0.492 e. The predicted octanol–water partition coefficient (Wildman–Crippen LogP) is 3.54. The van der Waals surface area contributed by atoms with Crippen molar-refractivity contribution >= 4 is 45.5 Å². The second-order valence-corrected chi connectivity index (χ2v) is 8.66. The first-order valence-corrected chi connectivity index (χ1v) is 11.1. The highest BCUT2D eigenvalue weighted by Crippen LogP contribution is 2.25. The minimum absolute atomic E-state index is 0.0425. The number of para-hydroxylation sites is 1. The van der Waals surface area contributed by atoms with Gasteiger partial charge in [0.15, 0.2) is 4.34 Å². The summed E-state index contributed by atoms with van der Waals surface area (Å²) in [6.07, 6.45) is 0.965. The van der Waals surface area contributed by atoms with E-state index in [0.717, 1.165) is 28.2 Å². The van der Waals surface area contributed by atoms with E-state index in [1.807, 2.05) is 30.3 Å². The van der Waals surface area contributed by atoms with Crippen molar-refractivity contribution in [3.63, 3.8) is 0 Å². The van der Waals surface area contributed by atoms with E-state index >= 15 is 0 Å². The lowest BCUT2D eigenvalue weighted by atomic mass is 10.3. The van der Waals surface area contributed by atoms with Crippen LogP contribution in [0.2, 0.25) is 0 Å². The summed E-state index contributed by atoms with van der Waals surface area (Å²) in [5.41, 5.74) is 0. The molecule has 0 radical (unpaired) electrons. The van der Waals surface area contributed by atoms with Gasteiger partial charge in [-0.15, -0.1) is 21.5 Å². The Labute approximate surface area is 170 Å². The van der Waals surface area contributed by atoms with Gasteiger partial charge in [0.1, 0.15) is 12.4 Å². The van der Waals surface area contributed by atoms with E-state index in [-0.39, 0.29) is 5.91 Å². The lowest BCUT2D eigenvalue weighted by Crippen LogP contribution is -2.29. The number of amides is 1. The SMILES string of the molecule is O=C(CSc1nnc(NCCc2cccs2)s1)NCCOc1ccccc1. The van der Waals surface area contributed by atoms with Gasteiger partial charge < -0.3 is 15.4 Å². The molecule has 0 fully saturated rings. The van der Waals surface area contributed by atoms with E-state index < -0.39 is 0 Å². The maximum Gasteiger partial charge on any atom is 0.230 e. The number of carbonyl (C=O) groups excluding carboxylic acids is 1. The maximum absolute atomic E-state index is 11.9. The van der Waals surface area contributed by atoms with Crippen molar-refractivity contribution in [2.75, 3.05) is 30.8 Å². The number of nitrogens with one attached hydrogen (secondary N) is 2. The molecule has 3 rings (SSSR count). The number of anilines is 1. The molecule has 2 N–H and O–H groups in total. The molecule has 27 heavy (non-hydrogen) atoms. The molecule has 0 atom stereocenters. The molecule has 0 spiro atoms. The molecule has 9 heteroatoms. The van der Waals surface area contributed by atoms with Gasteiger partial charge in [-0.05, 0) is 30.0 Å². The average molecular weight is 421 g/mol. The zero-order valence-electron chi connectivity index (χ0n) is 14.6. The van der Waals surface area contributed by atoms with Gasteiger partial charge in [-0.2, -0.15) is 0 Å². The van der Waals surface area contributed by atoms with Gasteiger partial charge in [-0.25, -0.2) is 0 Å². The Bertz CT molecular complexity index is 809. The Hall–Kier alpha value is -2.10. The molecule has 0 unspecified atom stereocenters. The fourth-order valence-corrected chi connectivity index (χ4v) is 4.46. The van der Waals surface area contributed by atoms with E-state index in [2.05, 4.69) is 38.3 Å². The number of rotatable bonds is 11. The molecular weight excluding hydrogens is 400 g/mol. The third kappa shape index (κ3) is 7.20. The quantitative estimate of drug-likeness (QED) is 0.365. The van der Waals surface area contributed by atoms with E-state index in [1.165, 1.54) is 28.0 Å². The van der Waals surface area contributed by atoms with Crippen LogP contribution in [0.15, 0.2) is 52.2 Å². The lowest BCUT2D eigenvalue weighted by molar-refractivity contribution is -0.118. The largest absolute Gasteiger partial charge is 0.492 e. The molecule has 3 aromatic rings. The molecule has 1 aromatic carbocycles. The van der Waals surface area contributed by atoms with E-state index in [4.69, 9.17) is 4.74 Å². The summed E-state index contributed by atoms with van der Waals surface area (Å²) in [5, 5.41) is 17.2. The molecule has 142 valence electrons. The third-order valence-electron chi connectivity index (χ3n) is 3.40. The molecule has 0 saturated heterocycles. The van der Waals surface area contributed by atoms with Crippen LogP contribution in [0.1, 0.15) is 4.88 Å². The molecule has 1 amide bonds. The van der Waals surface area contributed by atoms with Crippen LogP contribution in [0.3, 0.4) is 0 Å². The van der Waals surface area contributed by atoms with Gasteiger partial charge in [0.25, 0.3) is 0 Å². The number of thioether (sulfide) groups is 1. The number of thiophene rings is 1. The number of hydrogen-bond donors (Lipinski definition) is 2. The smallest absolute Gasteiger partial charge is 0.230 e. The van der Waals surface area contributed by atoms with E-state index in [9.17, 15) is 4.79 Å². The normalized spacial score (nSPS) is 10.5. The first-order valence-electron chi connectivity index (χ1n) is 8.47. The number of hydrogen-bond acceptors (Lipinski definition) is 8. The Balaban J connectivity index is 1.28. The molecule has 6 nitrogen and oxygen atoms in total. The second kappa shape index (κ2) is 10.9. The fraction of sp³-hybridized carbons (Fsp3) is 0.278. The van der Waals surface area contributed by atoms with Crippen LogP contribution < -0.4 is 15.4 Å². The van der Waals surface area contributed by atoms with Crippen LogP contribution in [-0.2, 0) is 11.2 Å². The van der Waals surface area contributed by atoms with Crippen molar-refractivity contribution in [3.8, 4) is 5.75 Å². The molecular formula is C18H20N4O2S3. The highest BCUT2D eigenvalue weighted by atomic mass is 32.2. The fourth-order valence-electron chi connectivity index (χ4n) is 2.14. The predicted molar refractivity (Wildman–Crippen MR) is 112 cm³/mol. The Morgan fingerprint density at radius 1 is 1.11 bits per heavy atom. The molecule has 0 aliphatic rings. The Morgan fingerprint density at radius 2 is 2.00 bits per heavy atom. The lowest BCUT2D eigenvalue weighted by Gasteiger charge is -2.07. The van der Waals surface area contributed by atoms with Gasteiger partial charge in [-0.1, -0.05) is 47.4 Å². The standard InChI is InChI=1S/C18H20N4O2S3/c23-16(19-10-11-24-14-5-2-1-3-6-14)13-26-18-22-21-17(27-18)20-9-8-15-7-4-12-25-15/h1-7,12H,8-11,13H2,(H,19,23)(H,20,21). The number of benzene rings is 1. The number of ether oxygens (including phenoxy) is 1. The van der Waals surface area contributed by atoms with Crippen LogP contribution in [0.4, 0.5) is 5.13 Å². The van der Waals surface area contributed by atoms with E-state index in [1.54, 1.807) is 11.3 Å². The average Bonchev–Trinajstić information content (AvgIpc) is 3.37. The van der Waals surface area contributed by atoms with Crippen LogP contribution >= 0.6 is 34.4 Å².